The van der Waals surface area contributed by atoms with Gasteiger partial charge in [-0.15, -0.1) is 6.58 Å². The molecular weight excluding hydrogens is 520 g/mol. The van der Waals surface area contributed by atoms with Crippen molar-refractivity contribution in [2.75, 3.05) is 6.61 Å². The molecule has 0 fully saturated rings. The summed E-state index contributed by atoms with van der Waals surface area (Å²) in [7, 11) is 0. The molecule has 4 rings (SSSR count). The maximum absolute atomic E-state index is 14.9. The molecule has 1 unspecified atom stereocenters. The second-order valence-electron chi connectivity index (χ2n) is 9.30. The molecule has 0 saturated carbocycles. The summed E-state index contributed by atoms with van der Waals surface area (Å²) in [5, 5.41) is 10.1. The first kappa shape index (κ1) is 28.9. The summed E-state index contributed by atoms with van der Waals surface area (Å²) in [4.78, 5) is 0. The molecule has 0 bridgehead atoms. The third-order valence-electron chi connectivity index (χ3n) is 6.52. The predicted molar refractivity (Wildman–Crippen MR) is 148 cm³/mol. The Morgan fingerprint density at radius 1 is 0.750 bits per heavy atom. The molecule has 0 heterocycles. The maximum Gasteiger partial charge on any atom is 0.201 e. The Morgan fingerprint density at radius 2 is 1.35 bits per heavy atom. The van der Waals surface area contributed by atoms with Gasteiger partial charge in [-0.3, -0.25) is 0 Å². The summed E-state index contributed by atoms with van der Waals surface area (Å²) in [6, 6.07) is 18.6. The van der Waals surface area contributed by atoms with Crippen molar-refractivity contribution in [2.24, 2.45) is 0 Å². The van der Waals surface area contributed by atoms with Crippen molar-refractivity contribution in [3.8, 4) is 33.8 Å². The first-order chi connectivity index (χ1) is 19.3. The van der Waals surface area contributed by atoms with Crippen molar-refractivity contribution in [1.29, 1.82) is 0 Å². The molecule has 0 spiro atoms. The van der Waals surface area contributed by atoms with E-state index in [-0.39, 0.29) is 35.7 Å². The highest BCUT2D eigenvalue weighted by molar-refractivity contribution is 5.66. The lowest BCUT2D eigenvalue weighted by atomic mass is 9.98. The third-order valence-corrected chi connectivity index (χ3v) is 6.52. The van der Waals surface area contributed by atoms with Crippen LogP contribution in [-0.4, -0.2) is 11.7 Å². The number of rotatable bonds is 12. The molecule has 4 aromatic rings. The number of halogens is 4. The van der Waals surface area contributed by atoms with Crippen molar-refractivity contribution in [2.45, 2.75) is 38.9 Å². The summed E-state index contributed by atoms with van der Waals surface area (Å²) in [6.45, 7) is 5.49. The minimum absolute atomic E-state index is 0.0282. The fraction of sp³-hybridized carbons (Fsp3) is 0.212. The summed E-state index contributed by atoms with van der Waals surface area (Å²) < 4.78 is 69.7. The van der Waals surface area contributed by atoms with E-state index < -0.39 is 29.4 Å². The highest BCUT2D eigenvalue weighted by Gasteiger charge is 2.18. The Hall–Kier alpha value is -4.10. The van der Waals surface area contributed by atoms with Gasteiger partial charge in [0.25, 0.3) is 0 Å². The van der Waals surface area contributed by atoms with Crippen molar-refractivity contribution >= 4 is 0 Å². The van der Waals surface area contributed by atoms with Gasteiger partial charge in [-0.25, -0.2) is 13.2 Å². The summed E-state index contributed by atoms with van der Waals surface area (Å²) in [5.41, 5.74) is 1.81. The van der Waals surface area contributed by atoms with Crippen LogP contribution in [0.25, 0.3) is 22.3 Å². The fourth-order valence-electron chi connectivity index (χ4n) is 4.26. The van der Waals surface area contributed by atoms with Gasteiger partial charge in [0.1, 0.15) is 12.4 Å². The molecule has 7 heteroatoms. The zero-order valence-electron chi connectivity index (χ0n) is 22.1. The van der Waals surface area contributed by atoms with Crippen LogP contribution < -0.4 is 9.47 Å². The van der Waals surface area contributed by atoms with Gasteiger partial charge in [0.05, 0.1) is 12.7 Å². The van der Waals surface area contributed by atoms with Crippen molar-refractivity contribution in [1.82, 2.24) is 0 Å². The van der Waals surface area contributed by atoms with Crippen molar-refractivity contribution in [3.63, 3.8) is 0 Å². The monoisotopic (exact) mass is 550 g/mol. The Kier molecular flexibility index (Phi) is 9.61. The number of aliphatic hydroxyl groups is 1. The molecule has 40 heavy (non-hydrogen) atoms. The second kappa shape index (κ2) is 13.3. The van der Waals surface area contributed by atoms with Crippen LogP contribution in [0, 0.1) is 23.3 Å². The van der Waals surface area contributed by atoms with Gasteiger partial charge in [0.15, 0.2) is 23.2 Å². The lowest BCUT2D eigenvalue weighted by Crippen LogP contribution is -2.02. The zero-order chi connectivity index (χ0) is 28.6. The number of benzene rings is 4. The molecule has 1 atom stereocenters. The van der Waals surface area contributed by atoms with E-state index in [0.717, 1.165) is 12.0 Å². The molecule has 0 radical (unpaired) electrons. The quantitative estimate of drug-likeness (QED) is 0.109. The minimum atomic E-state index is -1.08. The van der Waals surface area contributed by atoms with Crippen molar-refractivity contribution in [3.05, 3.63) is 120 Å². The van der Waals surface area contributed by atoms with E-state index in [2.05, 4.69) is 6.58 Å². The van der Waals surface area contributed by atoms with E-state index >= 15 is 0 Å². The molecule has 208 valence electrons. The molecule has 0 aliphatic heterocycles. The molecular formula is C33H30F4O3. The van der Waals surface area contributed by atoms with E-state index in [1.807, 2.05) is 6.92 Å². The first-order valence-corrected chi connectivity index (χ1v) is 13.0. The topological polar surface area (TPSA) is 38.7 Å². The van der Waals surface area contributed by atoms with Crippen LogP contribution in [0.3, 0.4) is 0 Å². The molecule has 0 saturated heterocycles. The minimum Gasteiger partial charge on any atom is -0.490 e. The molecule has 0 aliphatic rings. The van der Waals surface area contributed by atoms with Crippen LogP contribution in [0.15, 0.2) is 85.5 Å². The molecule has 1 N–H and O–H groups in total. The van der Waals surface area contributed by atoms with Crippen LogP contribution in [0.2, 0.25) is 0 Å². The highest BCUT2D eigenvalue weighted by Crippen LogP contribution is 2.32. The smallest absolute Gasteiger partial charge is 0.201 e. The van der Waals surface area contributed by atoms with E-state index in [4.69, 9.17) is 9.47 Å². The maximum atomic E-state index is 14.9. The van der Waals surface area contributed by atoms with Gasteiger partial charge in [-0.2, -0.15) is 4.39 Å². The number of ether oxygens (including phenoxy) is 2. The van der Waals surface area contributed by atoms with E-state index in [0.29, 0.717) is 29.7 Å². The van der Waals surface area contributed by atoms with Gasteiger partial charge < -0.3 is 14.6 Å². The largest absolute Gasteiger partial charge is 0.490 e. The number of hydrogen-bond acceptors (Lipinski definition) is 3. The number of aliphatic hydroxyl groups excluding tert-OH is 1. The van der Waals surface area contributed by atoms with Crippen LogP contribution >= 0.6 is 0 Å². The van der Waals surface area contributed by atoms with Gasteiger partial charge >= 0.3 is 0 Å². The third kappa shape index (κ3) is 6.54. The summed E-state index contributed by atoms with van der Waals surface area (Å²) >= 11 is 0. The summed E-state index contributed by atoms with van der Waals surface area (Å²) in [6.07, 6.45) is 2.98. The molecule has 4 aromatic carbocycles. The highest BCUT2D eigenvalue weighted by atomic mass is 19.2. The lowest BCUT2D eigenvalue weighted by molar-refractivity contribution is 0.166. The van der Waals surface area contributed by atoms with Crippen molar-refractivity contribution < 1.29 is 32.1 Å². The Balaban J connectivity index is 1.43. The molecule has 0 amide bonds. The molecule has 3 nitrogen and oxygen atoms in total. The van der Waals surface area contributed by atoms with Crippen LogP contribution in [-0.2, 0) is 6.61 Å². The zero-order valence-corrected chi connectivity index (χ0v) is 22.1. The molecule has 0 aliphatic carbocycles. The Labute approximate surface area is 231 Å². The van der Waals surface area contributed by atoms with E-state index in [1.165, 1.54) is 24.3 Å². The van der Waals surface area contributed by atoms with Gasteiger partial charge in [-0.1, -0.05) is 68.0 Å². The van der Waals surface area contributed by atoms with Gasteiger partial charge in [-0.05, 0) is 53.8 Å². The Bertz CT molecular complexity index is 1450. The van der Waals surface area contributed by atoms with E-state index in [9.17, 15) is 22.7 Å². The first-order valence-electron chi connectivity index (χ1n) is 13.0. The molecule has 0 aromatic heterocycles. The SMILES string of the molecule is C=CCCOc1ccc(-c2ccc(OCc3ccc(-c4ccc(C(O)CCC)cc4)c(F)c3F)cc2)c(F)c1F. The average Bonchev–Trinajstić information content (AvgIpc) is 2.97. The lowest BCUT2D eigenvalue weighted by Gasteiger charge is -2.13. The van der Waals surface area contributed by atoms with Crippen LogP contribution in [0.1, 0.15) is 43.4 Å². The summed E-state index contributed by atoms with van der Waals surface area (Å²) in [5.74, 6) is -3.95. The van der Waals surface area contributed by atoms with Gasteiger partial charge in [0, 0.05) is 16.7 Å². The number of hydrogen-bond donors (Lipinski definition) is 1. The van der Waals surface area contributed by atoms with Crippen LogP contribution in [0.5, 0.6) is 11.5 Å². The van der Waals surface area contributed by atoms with Crippen LogP contribution in [0.4, 0.5) is 17.6 Å². The second-order valence-corrected chi connectivity index (χ2v) is 9.30. The fourth-order valence-corrected chi connectivity index (χ4v) is 4.26. The van der Waals surface area contributed by atoms with E-state index in [1.54, 1.807) is 54.6 Å². The average molecular weight is 551 g/mol. The Morgan fingerprint density at radius 3 is 1.98 bits per heavy atom. The normalized spacial score (nSPS) is 11.8. The van der Waals surface area contributed by atoms with Gasteiger partial charge in [0.2, 0.25) is 5.82 Å². The standard InChI is InChI=1S/C33H30F4O3/c1-3-5-19-39-29-18-17-27(32(36)33(29)37)22-11-14-25(15-12-22)40-20-24-13-16-26(31(35)30(24)34)21-7-9-23(10-8-21)28(38)6-4-2/h3,7-18,28,38H,1,4-6,19-20H2,2H3. The predicted octanol–water partition coefficient (Wildman–Crippen LogP) is 8.94.